The lowest BCUT2D eigenvalue weighted by Crippen LogP contribution is -2.02. The van der Waals surface area contributed by atoms with E-state index in [1.807, 2.05) is 18.2 Å². The van der Waals surface area contributed by atoms with Crippen molar-refractivity contribution >= 4 is 5.69 Å². The zero-order valence-electron chi connectivity index (χ0n) is 9.54. The summed E-state index contributed by atoms with van der Waals surface area (Å²) < 4.78 is 5.40. The molecule has 2 N–H and O–H groups in total. The van der Waals surface area contributed by atoms with Crippen LogP contribution in [0.4, 0.5) is 5.69 Å². The van der Waals surface area contributed by atoms with Crippen molar-refractivity contribution in [3.8, 4) is 6.01 Å². The highest BCUT2D eigenvalue weighted by atomic mass is 16.5. The number of ether oxygens (including phenoxy) is 1. The number of aryl methyl sites for hydroxylation is 1. The first-order valence-corrected chi connectivity index (χ1v) is 5.59. The molecule has 2 aromatic rings. The Bertz CT molecular complexity index is 442. The van der Waals surface area contributed by atoms with Gasteiger partial charge >= 0.3 is 6.01 Å². The van der Waals surface area contributed by atoms with Crippen LogP contribution in [0.1, 0.15) is 12.0 Å². The molecule has 0 saturated heterocycles. The Labute approximate surface area is 100 Å². The van der Waals surface area contributed by atoms with Gasteiger partial charge in [-0.25, -0.2) is 9.97 Å². The minimum atomic E-state index is 0.382. The van der Waals surface area contributed by atoms with E-state index in [-0.39, 0.29) is 0 Å². The fraction of sp³-hybridized carbons (Fsp3) is 0.231. The summed E-state index contributed by atoms with van der Waals surface area (Å²) in [5.74, 6) is 0. The summed E-state index contributed by atoms with van der Waals surface area (Å²) in [7, 11) is 0. The molecule has 0 aliphatic carbocycles. The molecular weight excluding hydrogens is 214 g/mol. The Morgan fingerprint density at radius 1 is 1.06 bits per heavy atom. The molecule has 0 amide bonds. The minimum Gasteiger partial charge on any atom is -0.463 e. The summed E-state index contributed by atoms with van der Waals surface area (Å²) in [5.41, 5.74) is 7.33. The minimum absolute atomic E-state index is 0.382. The van der Waals surface area contributed by atoms with Gasteiger partial charge in [0, 0.05) is 0 Å². The molecule has 1 aromatic carbocycles. The highest BCUT2D eigenvalue weighted by Gasteiger charge is 1.97. The van der Waals surface area contributed by atoms with Crippen LogP contribution in [0.25, 0.3) is 0 Å². The van der Waals surface area contributed by atoms with Gasteiger partial charge in [-0.05, 0) is 18.4 Å². The summed E-state index contributed by atoms with van der Waals surface area (Å²) in [6, 6.07) is 10.7. The van der Waals surface area contributed by atoms with E-state index in [2.05, 4.69) is 22.1 Å². The van der Waals surface area contributed by atoms with Gasteiger partial charge < -0.3 is 10.5 Å². The lowest BCUT2D eigenvalue weighted by atomic mass is 10.1. The van der Waals surface area contributed by atoms with Gasteiger partial charge in [-0.1, -0.05) is 30.3 Å². The molecule has 2 rings (SSSR count). The topological polar surface area (TPSA) is 61.0 Å². The maximum atomic E-state index is 5.48. The Morgan fingerprint density at radius 2 is 1.76 bits per heavy atom. The van der Waals surface area contributed by atoms with Crippen molar-refractivity contribution in [2.45, 2.75) is 12.8 Å². The SMILES string of the molecule is Nc1cnc(OCCCc2ccccc2)nc1. The van der Waals surface area contributed by atoms with Crippen LogP contribution in [0, 0.1) is 0 Å². The lowest BCUT2D eigenvalue weighted by molar-refractivity contribution is 0.287. The number of hydrogen-bond donors (Lipinski definition) is 1. The van der Waals surface area contributed by atoms with E-state index in [1.54, 1.807) is 12.4 Å². The van der Waals surface area contributed by atoms with Gasteiger partial charge in [0.25, 0.3) is 0 Å². The molecule has 4 heteroatoms. The molecule has 1 aromatic heterocycles. The normalized spacial score (nSPS) is 10.1. The second-order valence-electron chi connectivity index (χ2n) is 3.74. The van der Waals surface area contributed by atoms with Gasteiger partial charge in [-0.15, -0.1) is 0 Å². The summed E-state index contributed by atoms with van der Waals surface area (Å²) in [6.45, 7) is 0.610. The third kappa shape index (κ3) is 3.75. The van der Waals surface area contributed by atoms with Crippen LogP contribution >= 0.6 is 0 Å². The van der Waals surface area contributed by atoms with E-state index < -0.39 is 0 Å². The molecule has 0 spiro atoms. The van der Waals surface area contributed by atoms with E-state index >= 15 is 0 Å². The van der Waals surface area contributed by atoms with Gasteiger partial charge in [0.15, 0.2) is 0 Å². The van der Waals surface area contributed by atoms with Crippen molar-refractivity contribution in [2.75, 3.05) is 12.3 Å². The third-order valence-corrected chi connectivity index (χ3v) is 2.33. The van der Waals surface area contributed by atoms with Gasteiger partial charge in [-0.3, -0.25) is 0 Å². The fourth-order valence-electron chi connectivity index (χ4n) is 1.49. The summed E-state index contributed by atoms with van der Waals surface area (Å²) in [4.78, 5) is 7.93. The number of nitrogen functional groups attached to an aromatic ring is 1. The first-order valence-electron chi connectivity index (χ1n) is 5.59. The quantitative estimate of drug-likeness (QED) is 0.797. The van der Waals surface area contributed by atoms with Crippen molar-refractivity contribution in [3.05, 3.63) is 48.3 Å². The van der Waals surface area contributed by atoms with E-state index in [9.17, 15) is 0 Å². The molecule has 4 nitrogen and oxygen atoms in total. The molecule has 0 radical (unpaired) electrons. The lowest BCUT2D eigenvalue weighted by Gasteiger charge is -2.04. The molecule has 17 heavy (non-hydrogen) atoms. The Balaban J connectivity index is 1.71. The predicted octanol–water partition coefficient (Wildman–Crippen LogP) is 2.07. The average Bonchev–Trinajstić information content (AvgIpc) is 2.38. The van der Waals surface area contributed by atoms with Gasteiger partial charge in [0.05, 0.1) is 24.7 Å². The number of aromatic nitrogens is 2. The van der Waals surface area contributed by atoms with Crippen molar-refractivity contribution in [1.82, 2.24) is 9.97 Å². The summed E-state index contributed by atoms with van der Waals surface area (Å²) in [5, 5.41) is 0. The standard InChI is InChI=1S/C13H15N3O/c14-12-9-15-13(16-10-12)17-8-4-7-11-5-2-1-3-6-11/h1-3,5-6,9-10H,4,7-8,14H2. The molecule has 88 valence electrons. The maximum absolute atomic E-state index is 5.48. The first kappa shape index (κ1) is 11.4. The molecule has 0 fully saturated rings. The largest absolute Gasteiger partial charge is 0.463 e. The van der Waals surface area contributed by atoms with Crippen molar-refractivity contribution in [2.24, 2.45) is 0 Å². The number of rotatable bonds is 5. The van der Waals surface area contributed by atoms with Crippen LogP contribution in [0.5, 0.6) is 6.01 Å². The van der Waals surface area contributed by atoms with E-state index in [0.29, 0.717) is 18.3 Å². The monoisotopic (exact) mass is 229 g/mol. The van der Waals surface area contributed by atoms with Crippen molar-refractivity contribution in [1.29, 1.82) is 0 Å². The van der Waals surface area contributed by atoms with E-state index in [4.69, 9.17) is 10.5 Å². The molecule has 0 aliphatic heterocycles. The molecule has 0 atom stereocenters. The van der Waals surface area contributed by atoms with E-state index in [0.717, 1.165) is 12.8 Å². The summed E-state index contributed by atoms with van der Waals surface area (Å²) in [6.07, 6.45) is 5.02. The fourth-order valence-corrected chi connectivity index (χ4v) is 1.49. The highest BCUT2D eigenvalue weighted by molar-refractivity contribution is 5.30. The zero-order valence-corrected chi connectivity index (χ0v) is 9.54. The molecule has 0 saturated carbocycles. The predicted molar refractivity (Wildman–Crippen MR) is 66.7 cm³/mol. The first-order chi connectivity index (χ1) is 8.34. The van der Waals surface area contributed by atoms with Crippen LogP contribution in [-0.4, -0.2) is 16.6 Å². The Hall–Kier alpha value is -2.10. The number of nitrogens with zero attached hydrogens (tertiary/aromatic N) is 2. The van der Waals surface area contributed by atoms with Crippen molar-refractivity contribution < 1.29 is 4.74 Å². The summed E-state index contributed by atoms with van der Waals surface area (Å²) >= 11 is 0. The number of anilines is 1. The molecular formula is C13H15N3O. The number of benzene rings is 1. The van der Waals surface area contributed by atoms with Crippen LogP contribution in [0.15, 0.2) is 42.7 Å². The van der Waals surface area contributed by atoms with Crippen LogP contribution in [-0.2, 0) is 6.42 Å². The smallest absolute Gasteiger partial charge is 0.316 e. The van der Waals surface area contributed by atoms with Crippen LogP contribution in [0.2, 0.25) is 0 Å². The van der Waals surface area contributed by atoms with Crippen LogP contribution in [0.3, 0.4) is 0 Å². The molecule has 0 unspecified atom stereocenters. The Morgan fingerprint density at radius 3 is 2.47 bits per heavy atom. The maximum Gasteiger partial charge on any atom is 0.316 e. The average molecular weight is 229 g/mol. The third-order valence-electron chi connectivity index (χ3n) is 2.33. The molecule has 1 heterocycles. The zero-order chi connectivity index (χ0) is 11.9. The van der Waals surface area contributed by atoms with Gasteiger partial charge in [0.2, 0.25) is 0 Å². The second kappa shape index (κ2) is 5.84. The highest BCUT2D eigenvalue weighted by Crippen LogP contribution is 2.05. The molecule has 0 bridgehead atoms. The van der Waals surface area contributed by atoms with Crippen LogP contribution < -0.4 is 10.5 Å². The second-order valence-corrected chi connectivity index (χ2v) is 3.74. The molecule has 0 aliphatic rings. The van der Waals surface area contributed by atoms with E-state index in [1.165, 1.54) is 5.56 Å². The number of hydrogen-bond acceptors (Lipinski definition) is 4. The Kier molecular flexibility index (Phi) is 3.91. The van der Waals surface area contributed by atoms with Crippen molar-refractivity contribution in [3.63, 3.8) is 0 Å². The van der Waals surface area contributed by atoms with Gasteiger partial charge in [-0.2, -0.15) is 0 Å². The number of nitrogens with two attached hydrogens (primary N) is 1. The van der Waals surface area contributed by atoms with Gasteiger partial charge in [0.1, 0.15) is 0 Å².